The average molecular weight is 436 g/mol. The maximum Gasteiger partial charge on any atom is 0.260 e. The van der Waals surface area contributed by atoms with Crippen molar-refractivity contribution in [2.45, 2.75) is 31.2 Å². The van der Waals surface area contributed by atoms with Gasteiger partial charge in [-0.1, -0.05) is 59.8 Å². The summed E-state index contributed by atoms with van der Waals surface area (Å²) in [7, 11) is 0. The van der Waals surface area contributed by atoms with Crippen LogP contribution in [-0.2, 0) is 4.79 Å². The van der Waals surface area contributed by atoms with Crippen molar-refractivity contribution >= 4 is 44.9 Å². The molecule has 0 spiro atoms. The van der Waals surface area contributed by atoms with Crippen molar-refractivity contribution in [1.82, 2.24) is 9.97 Å². The number of fused-ring (bicyclic) bond motifs is 1. The number of hydrogen-bond acceptors (Lipinski definition) is 5. The number of H-pyrrole nitrogens is 1. The van der Waals surface area contributed by atoms with Gasteiger partial charge in [0, 0.05) is 16.6 Å². The van der Waals surface area contributed by atoms with E-state index in [1.165, 1.54) is 28.7 Å². The molecule has 1 unspecified atom stereocenters. The molecule has 30 heavy (non-hydrogen) atoms. The molecule has 0 fully saturated rings. The molecular formula is C23H21N3O2S2. The third-order valence-electron chi connectivity index (χ3n) is 4.85. The van der Waals surface area contributed by atoms with Crippen LogP contribution in [0, 0.1) is 13.8 Å². The van der Waals surface area contributed by atoms with Crippen LogP contribution in [0.3, 0.4) is 0 Å². The van der Waals surface area contributed by atoms with Gasteiger partial charge in [0.15, 0.2) is 5.16 Å². The lowest BCUT2D eigenvalue weighted by atomic mass is 10.1. The van der Waals surface area contributed by atoms with E-state index in [0.29, 0.717) is 15.4 Å². The number of para-hydroxylation sites is 1. The highest BCUT2D eigenvalue weighted by Crippen LogP contribution is 2.32. The van der Waals surface area contributed by atoms with Crippen LogP contribution in [-0.4, -0.2) is 21.1 Å². The van der Waals surface area contributed by atoms with Crippen molar-refractivity contribution in [2.24, 2.45) is 0 Å². The zero-order valence-electron chi connectivity index (χ0n) is 16.9. The van der Waals surface area contributed by atoms with Crippen molar-refractivity contribution < 1.29 is 4.79 Å². The highest BCUT2D eigenvalue weighted by molar-refractivity contribution is 8.00. The molecule has 0 aliphatic carbocycles. The predicted octanol–water partition coefficient (Wildman–Crippen LogP) is 5.39. The Morgan fingerprint density at radius 1 is 1.13 bits per heavy atom. The van der Waals surface area contributed by atoms with Crippen molar-refractivity contribution in [1.29, 1.82) is 0 Å². The SMILES string of the molecule is Cc1ccc(-c2csc3nc(SC(C)C(=O)Nc4ccccc4C)[nH]c(=O)c23)cc1. The smallest absolute Gasteiger partial charge is 0.260 e. The van der Waals surface area contributed by atoms with E-state index in [0.717, 1.165) is 22.4 Å². The summed E-state index contributed by atoms with van der Waals surface area (Å²) < 4.78 is 0. The van der Waals surface area contributed by atoms with Crippen molar-refractivity contribution in [3.8, 4) is 11.1 Å². The van der Waals surface area contributed by atoms with Crippen molar-refractivity contribution in [3.05, 3.63) is 75.4 Å². The predicted molar refractivity (Wildman–Crippen MR) is 126 cm³/mol. The number of carbonyl (C=O) groups excluding carboxylic acids is 1. The molecule has 0 saturated carbocycles. The molecule has 7 heteroatoms. The zero-order valence-corrected chi connectivity index (χ0v) is 18.5. The van der Waals surface area contributed by atoms with E-state index < -0.39 is 5.25 Å². The fourth-order valence-electron chi connectivity index (χ4n) is 3.10. The number of anilines is 1. The van der Waals surface area contributed by atoms with Crippen molar-refractivity contribution in [3.63, 3.8) is 0 Å². The maximum atomic E-state index is 12.8. The van der Waals surface area contributed by atoms with Gasteiger partial charge < -0.3 is 10.3 Å². The second kappa shape index (κ2) is 8.45. The first kappa shape index (κ1) is 20.4. The molecule has 0 aliphatic heterocycles. The third kappa shape index (κ3) is 4.17. The first-order valence-corrected chi connectivity index (χ1v) is 11.3. The van der Waals surface area contributed by atoms with Gasteiger partial charge in [-0.15, -0.1) is 11.3 Å². The minimum atomic E-state index is -0.415. The zero-order chi connectivity index (χ0) is 21.3. The second-order valence-corrected chi connectivity index (χ2v) is 9.32. The number of rotatable bonds is 5. The van der Waals surface area contributed by atoms with Gasteiger partial charge in [-0.25, -0.2) is 4.98 Å². The molecule has 1 atom stereocenters. The molecule has 2 aromatic carbocycles. The van der Waals surface area contributed by atoms with Crippen LogP contribution >= 0.6 is 23.1 Å². The number of carbonyl (C=O) groups is 1. The normalized spacial score (nSPS) is 12.1. The van der Waals surface area contributed by atoms with E-state index in [9.17, 15) is 9.59 Å². The van der Waals surface area contributed by atoms with Crippen LogP contribution < -0.4 is 10.9 Å². The third-order valence-corrected chi connectivity index (χ3v) is 6.70. The highest BCUT2D eigenvalue weighted by Gasteiger charge is 2.19. The number of nitrogens with one attached hydrogen (secondary N) is 2. The molecule has 2 N–H and O–H groups in total. The van der Waals surface area contributed by atoms with Crippen LogP contribution in [0.25, 0.3) is 21.3 Å². The summed E-state index contributed by atoms with van der Waals surface area (Å²) in [4.78, 5) is 33.5. The minimum absolute atomic E-state index is 0.136. The summed E-state index contributed by atoms with van der Waals surface area (Å²) in [6.07, 6.45) is 0. The summed E-state index contributed by atoms with van der Waals surface area (Å²) >= 11 is 2.68. The lowest BCUT2D eigenvalue weighted by Crippen LogP contribution is -2.23. The van der Waals surface area contributed by atoms with Gasteiger partial charge in [-0.05, 0) is 38.0 Å². The number of nitrogens with zero attached hydrogens (tertiary/aromatic N) is 1. The number of thioether (sulfide) groups is 1. The molecule has 2 aromatic heterocycles. The lowest BCUT2D eigenvalue weighted by molar-refractivity contribution is -0.115. The molecule has 152 valence electrons. The fourth-order valence-corrected chi connectivity index (χ4v) is 4.90. The lowest BCUT2D eigenvalue weighted by Gasteiger charge is -2.13. The van der Waals surface area contributed by atoms with Gasteiger partial charge in [0.2, 0.25) is 5.91 Å². The quantitative estimate of drug-likeness (QED) is 0.326. The highest BCUT2D eigenvalue weighted by atomic mass is 32.2. The largest absolute Gasteiger partial charge is 0.325 e. The van der Waals surface area contributed by atoms with E-state index >= 15 is 0 Å². The molecule has 2 heterocycles. The number of aromatic amines is 1. The van der Waals surface area contributed by atoms with E-state index in [4.69, 9.17) is 0 Å². The Bertz CT molecular complexity index is 1280. The average Bonchev–Trinajstić information content (AvgIpc) is 3.14. The molecule has 4 aromatic rings. The summed E-state index contributed by atoms with van der Waals surface area (Å²) in [5, 5.41) is 5.51. The topological polar surface area (TPSA) is 74.8 Å². The number of thiophene rings is 1. The molecule has 0 aliphatic rings. The van der Waals surface area contributed by atoms with Crippen LogP contribution in [0.2, 0.25) is 0 Å². The first-order chi connectivity index (χ1) is 14.4. The number of aryl methyl sites for hydroxylation is 2. The Kier molecular flexibility index (Phi) is 5.74. The van der Waals surface area contributed by atoms with Gasteiger partial charge in [-0.2, -0.15) is 0 Å². The Labute approximate surface area is 182 Å². The van der Waals surface area contributed by atoms with E-state index in [1.54, 1.807) is 6.92 Å². The first-order valence-electron chi connectivity index (χ1n) is 9.54. The summed E-state index contributed by atoms with van der Waals surface area (Å²) in [5.41, 5.74) is 4.63. The summed E-state index contributed by atoms with van der Waals surface area (Å²) in [6, 6.07) is 15.7. The Hall–Kier alpha value is -2.90. The minimum Gasteiger partial charge on any atom is -0.325 e. The summed E-state index contributed by atoms with van der Waals surface area (Å²) in [5.74, 6) is -0.136. The van der Waals surface area contributed by atoms with Crippen LogP contribution in [0.15, 0.2) is 63.9 Å². The Morgan fingerprint density at radius 3 is 2.60 bits per heavy atom. The number of benzene rings is 2. The van der Waals surface area contributed by atoms with Gasteiger partial charge in [0.25, 0.3) is 5.56 Å². The standard InChI is InChI=1S/C23H21N3O2S2/c1-13-8-10-16(11-9-13)17-12-29-22-19(17)21(28)25-23(26-22)30-15(3)20(27)24-18-7-5-4-6-14(18)2/h4-12,15H,1-3H3,(H,24,27)(H,25,26,28). The number of hydrogen-bond donors (Lipinski definition) is 2. The Morgan fingerprint density at radius 2 is 1.87 bits per heavy atom. The molecular weight excluding hydrogens is 414 g/mol. The van der Waals surface area contributed by atoms with Crippen molar-refractivity contribution in [2.75, 3.05) is 5.32 Å². The number of aromatic nitrogens is 2. The monoisotopic (exact) mass is 435 g/mol. The van der Waals surface area contributed by atoms with E-state index in [-0.39, 0.29) is 11.5 Å². The molecule has 4 rings (SSSR count). The second-order valence-electron chi connectivity index (χ2n) is 7.13. The van der Waals surface area contributed by atoms with Gasteiger partial charge in [0.05, 0.1) is 10.6 Å². The van der Waals surface area contributed by atoms with E-state index in [1.807, 2.05) is 67.8 Å². The van der Waals surface area contributed by atoms with Gasteiger partial charge in [-0.3, -0.25) is 9.59 Å². The summed E-state index contributed by atoms with van der Waals surface area (Å²) in [6.45, 7) is 5.78. The van der Waals surface area contributed by atoms with E-state index in [2.05, 4.69) is 15.3 Å². The molecule has 0 radical (unpaired) electrons. The van der Waals surface area contributed by atoms with Crippen LogP contribution in [0.1, 0.15) is 18.1 Å². The number of amides is 1. The van der Waals surface area contributed by atoms with Gasteiger partial charge in [0.1, 0.15) is 4.83 Å². The molecule has 0 bridgehead atoms. The van der Waals surface area contributed by atoms with Crippen LogP contribution in [0.4, 0.5) is 5.69 Å². The fraction of sp³-hybridized carbons (Fsp3) is 0.174. The molecule has 0 saturated heterocycles. The maximum absolute atomic E-state index is 12.8. The van der Waals surface area contributed by atoms with Crippen LogP contribution in [0.5, 0.6) is 0 Å². The Balaban J connectivity index is 1.57. The van der Waals surface area contributed by atoms with Gasteiger partial charge >= 0.3 is 0 Å². The molecule has 1 amide bonds. The molecule has 5 nitrogen and oxygen atoms in total.